The van der Waals surface area contributed by atoms with Crippen molar-refractivity contribution in [1.82, 2.24) is 5.32 Å². The van der Waals surface area contributed by atoms with Crippen molar-refractivity contribution in [2.45, 2.75) is 26.3 Å². The van der Waals surface area contributed by atoms with Crippen LogP contribution in [0.5, 0.6) is 0 Å². The van der Waals surface area contributed by atoms with Gasteiger partial charge in [-0.05, 0) is 34.6 Å². The molecule has 120 valence electrons. The van der Waals surface area contributed by atoms with Crippen LogP contribution in [-0.4, -0.2) is 11.2 Å². The van der Waals surface area contributed by atoms with E-state index in [1.165, 1.54) is 12.1 Å². The van der Waals surface area contributed by atoms with E-state index in [4.69, 9.17) is 5.11 Å². The summed E-state index contributed by atoms with van der Waals surface area (Å²) < 4.78 is 27.4. The number of carbonyl (C=O) groups is 1. The summed E-state index contributed by atoms with van der Waals surface area (Å²) in [6.07, 6.45) is -0.408. The van der Waals surface area contributed by atoms with Crippen molar-refractivity contribution in [3.05, 3.63) is 59.2 Å². The fourth-order valence-corrected chi connectivity index (χ4v) is 3.35. The minimum atomic E-state index is -1.07. The number of hydrogen-bond donors (Lipinski definition) is 2. The zero-order valence-corrected chi connectivity index (χ0v) is 12.9. The standard InChI is InChI=1S/C18H17F2NO2/c1-18(2)9-11-8-10(12-4-3-5-14(19)15(12)20)6-7-13(11)16(18)21-17(22)23/h3-8,16,21H,9H2,1-2H3,(H,22,23). The highest BCUT2D eigenvalue weighted by Gasteiger charge is 2.40. The van der Waals surface area contributed by atoms with E-state index in [-0.39, 0.29) is 17.0 Å². The maximum atomic E-state index is 14.0. The molecule has 2 aromatic carbocycles. The minimum Gasteiger partial charge on any atom is -0.465 e. The van der Waals surface area contributed by atoms with E-state index in [9.17, 15) is 13.6 Å². The third kappa shape index (κ3) is 2.67. The Labute approximate surface area is 133 Å². The summed E-state index contributed by atoms with van der Waals surface area (Å²) in [6.45, 7) is 3.96. The Morgan fingerprint density at radius 3 is 2.70 bits per heavy atom. The van der Waals surface area contributed by atoms with Crippen molar-refractivity contribution < 1.29 is 18.7 Å². The Balaban J connectivity index is 2.05. The van der Waals surface area contributed by atoms with E-state index in [1.54, 1.807) is 12.1 Å². The second-order valence-electron chi connectivity index (χ2n) is 6.56. The molecule has 1 aliphatic rings. The SMILES string of the molecule is CC1(C)Cc2cc(-c3cccc(F)c3F)ccc2C1NC(=O)O. The van der Waals surface area contributed by atoms with Gasteiger partial charge < -0.3 is 10.4 Å². The molecule has 0 aliphatic heterocycles. The number of fused-ring (bicyclic) bond motifs is 1. The van der Waals surface area contributed by atoms with Gasteiger partial charge in [-0.2, -0.15) is 0 Å². The summed E-state index contributed by atoms with van der Waals surface area (Å²) in [5.41, 5.74) is 2.36. The van der Waals surface area contributed by atoms with Gasteiger partial charge >= 0.3 is 6.09 Å². The molecule has 2 aromatic rings. The van der Waals surface area contributed by atoms with Gasteiger partial charge in [0.15, 0.2) is 11.6 Å². The van der Waals surface area contributed by atoms with Gasteiger partial charge in [0.2, 0.25) is 0 Å². The van der Waals surface area contributed by atoms with Crippen molar-refractivity contribution >= 4 is 6.09 Å². The van der Waals surface area contributed by atoms with Gasteiger partial charge in [0.25, 0.3) is 0 Å². The van der Waals surface area contributed by atoms with E-state index in [0.29, 0.717) is 12.0 Å². The summed E-state index contributed by atoms with van der Waals surface area (Å²) in [5.74, 6) is -1.75. The van der Waals surface area contributed by atoms with Crippen LogP contribution in [0.2, 0.25) is 0 Å². The van der Waals surface area contributed by atoms with Crippen molar-refractivity contribution in [2.24, 2.45) is 5.41 Å². The second kappa shape index (κ2) is 5.33. The lowest BCUT2D eigenvalue weighted by molar-refractivity contribution is 0.175. The zero-order valence-electron chi connectivity index (χ0n) is 12.9. The summed E-state index contributed by atoms with van der Waals surface area (Å²) in [5, 5.41) is 11.6. The highest BCUT2D eigenvalue weighted by atomic mass is 19.2. The third-order valence-electron chi connectivity index (χ3n) is 4.41. The van der Waals surface area contributed by atoms with Gasteiger partial charge in [0.05, 0.1) is 6.04 Å². The van der Waals surface area contributed by atoms with Crippen LogP contribution in [0.25, 0.3) is 11.1 Å². The molecule has 0 spiro atoms. The Morgan fingerprint density at radius 1 is 1.26 bits per heavy atom. The van der Waals surface area contributed by atoms with E-state index >= 15 is 0 Å². The Morgan fingerprint density at radius 2 is 2.00 bits per heavy atom. The molecule has 2 N–H and O–H groups in total. The average Bonchev–Trinajstić information content (AvgIpc) is 2.71. The fourth-order valence-electron chi connectivity index (χ4n) is 3.35. The Kier molecular flexibility index (Phi) is 3.59. The molecule has 5 heteroatoms. The smallest absolute Gasteiger partial charge is 0.405 e. The fraction of sp³-hybridized carbons (Fsp3) is 0.278. The average molecular weight is 317 g/mol. The van der Waals surface area contributed by atoms with Gasteiger partial charge in [0, 0.05) is 5.56 Å². The molecule has 0 fully saturated rings. The molecule has 1 amide bonds. The lowest BCUT2D eigenvalue weighted by atomic mass is 9.85. The van der Waals surface area contributed by atoms with Crippen LogP contribution in [0.15, 0.2) is 36.4 Å². The number of halogens is 2. The van der Waals surface area contributed by atoms with Gasteiger partial charge in [0.1, 0.15) is 0 Å². The Hall–Kier alpha value is -2.43. The largest absolute Gasteiger partial charge is 0.465 e. The van der Waals surface area contributed by atoms with Crippen LogP contribution >= 0.6 is 0 Å². The molecule has 3 rings (SSSR count). The van der Waals surface area contributed by atoms with Gasteiger partial charge in [-0.15, -0.1) is 0 Å². The predicted octanol–water partition coefficient (Wildman–Crippen LogP) is 4.52. The minimum absolute atomic E-state index is 0.209. The van der Waals surface area contributed by atoms with Crippen LogP contribution in [0.4, 0.5) is 13.6 Å². The van der Waals surface area contributed by atoms with Crippen molar-refractivity contribution in [2.75, 3.05) is 0 Å². The first-order chi connectivity index (χ1) is 10.8. The number of rotatable bonds is 2. The first kappa shape index (κ1) is 15.5. The molecule has 23 heavy (non-hydrogen) atoms. The lowest BCUT2D eigenvalue weighted by Crippen LogP contribution is -2.34. The van der Waals surface area contributed by atoms with Crippen LogP contribution in [-0.2, 0) is 6.42 Å². The lowest BCUT2D eigenvalue weighted by Gasteiger charge is -2.27. The number of carboxylic acid groups (broad SMARTS) is 1. The molecule has 0 aromatic heterocycles. The third-order valence-corrected chi connectivity index (χ3v) is 4.41. The predicted molar refractivity (Wildman–Crippen MR) is 83.2 cm³/mol. The second-order valence-corrected chi connectivity index (χ2v) is 6.56. The molecule has 0 heterocycles. The molecule has 1 aliphatic carbocycles. The molecule has 0 saturated heterocycles. The Bertz CT molecular complexity index is 787. The highest BCUT2D eigenvalue weighted by Crippen LogP contribution is 2.46. The number of hydrogen-bond acceptors (Lipinski definition) is 1. The van der Waals surface area contributed by atoms with E-state index in [2.05, 4.69) is 5.32 Å². The molecular formula is C18H17F2NO2. The van der Waals surface area contributed by atoms with Gasteiger partial charge in [-0.3, -0.25) is 0 Å². The molecular weight excluding hydrogens is 300 g/mol. The van der Waals surface area contributed by atoms with Gasteiger partial charge in [-0.1, -0.05) is 44.2 Å². The molecule has 0 bridgehead atoms. The van der Waals surface area contributed by atoms with Crippen LogP contribution < -0.4 is 5.32 Å². The monoisotopic (exact) mass is 317 g/mol. The van der Waals surface area contributed by atoms with E-state index < -0.39 is 17.7 Å². The maximum Gasteiger partial charge on any atom is 0.405 e. The normalized spacial score (nSPS) is 18.5. The van der Waals surface area contributed by atoms with Crippen LogP contribution in [0.1, 0.15) is 31.0 Å². The first-order valence-corrected chi connectivity index (χ1v) is 7.36. The molecule has 0 radical (unpaired) electrons. The highest BCUT2D eigenvalue weighted by molar-refractivity contribution is 5.69. The van der Waals surface area contributed by atoms with E-state index in [0.717, 1.165) is 17.2 Å². The number of benzene rings is 2. The summed E-state index contributed by atoms with van der Waals surface area (Å²) in [4.78, 5) is 11.0. The number of nitrogens with one attached hydrogen (secondary N) is 1. The molecule has 1 unspecified atom stereocenters. The summed E-state index contributed by atoms with van der Waals surface area (Å²) in [6, 6.07) is 9.09. The topological polar surface area (TPSA) is 49.3 Å². The quantitative estimate of drug-likeness (QED) is 0.855. The molecule has 0 saturated carbocycles. The zero-order chi connectivity index (χ0) is 16.8. The van der Waals surface area contributed by atoms with Crippen molar-refractivity contribution in [1.29, 1.82) is 0 Å². The molecule has 3 nitrogen and oxygen atoms in total. The summed E-state index contributed by atoms with van der Waals surface area (Å²) in [7, 11) is 0. The molecule has 1 atom stereocenters. The summed E-state index contributed by atoms with van der Waals surface area (Å²) >= 11 is 0. The number of amides is 1. The van der Waals surface area contributed by atoms with Crippen LogP contribution in [0.3, 0.4) is 0 Å². The van der Waals surface area contributed by atoms with Crippen molar-refractivity contribution in [3.63, 3.8) is 0 Å². The van der Waals surface area contributed by atoms with Crippen LogP contribution in [0, 0.1) is 17.0 Å². The van der Waals surface area contributed by atoms with E-state index in [1.807, 2.05) is 19.9 Å². The van der Waals surface area contributed by atoms with Crippen molar-refractivity contribution in [3.8, 4) is 11.1 Å². The maximum absolute atomic E-state index is 14.0. The first-order valence-electron chi connectivity index (χ1n) is 7.36. The van der Waals surface area contributed by atoms with Gasteiger partial charge in [-0.25, -0.2) is 13.6 Å².